The molecular formula is C21H23N7O6S2. The minimum absolute atomic E-state index is 0.0474. The third kappa shape index (κ3) is 5.17. The van der Waals surface area contributed by atoms with Gasteiger partial charge < -0.3 is 30.9 Å². The van der Waals surface area contributed by atoms with Crippen molar-refractivity contribution in [2.75, 3.05) is 25.2 Å². The van der Waals surface area contributed by atoms with Crippen LogP contribution in [0, 0.1) is 0 Å². The lowest BCUT2D eigenvalue weighted by molar-refractivity contribution is -0.689. The zero-order valence-electron chi connectivity index (χ0n) is 19.1. The molecule has 36 heavy (non-hydrogen) atoms. The molecule has 4 rings (SSSR count). The molecule has 2 aliphatic heterocycles. The number of aliphatic hydroxyl groups excluding tert-OH is 1. The molecule has 1 fully saturated rings. The highest BCUT2D eigenvalue weighted by molar-refractivity contribution is 8.00. The number of hydrogen-bond acceptors (Lipinski definition) is 12. The number of nitrogens with one attached hydrogen (secondary N) is 1. The number of rotatable bonds is 10. The number of β-lactam (4-membered cyclic amide) rings is 1. The molecule has 2 aromatic heterocycles. The van der Waals surface area contributed by atoms with Crippen LogP contribution < -0.4 is 20.7 Å². The van der Waals surface area contributed by atoms with Crippen LogP contribution in [-0.4, -0.2) is 73.7 Å². The average Bonchev–Trinajstić information content (AvgIpc) is 3.30. The molecule has 0 spiro atoms. The Bertz CT molecular complexity index is 1230. The number of nitrogens with two attached hydrogens (primary N) is 1. The summed E-state index contributed by atoms with van der Waals surface area (Å²) < 4.78 is 5.75. The second-order valence-corrected chi connectivity index (χ2v) is 9.77. The molecule has 1 saturated heterocycles. The summed E-state index contributed by atoms with van der Waals surface area (Å²) >= 11 is 2.21. The number of aliphatic carboxylic acids is 1. The molecule has 2 aromatic rings. The van der Waals surface area contributed by atoms with Crippen molar-refractivity contribution >= 4 is 51.9 Å². The molecule has 1 unspecified atom stereocenters. The van der Waals surface area contributed by atoms with Gasteiger partial charge in [-0.15, -0.1) is 11.8 Å². The lowest BCUT2D eigenvalue weighted by Gasteiger charge is -2.50. The fourth-order valence-corrected chi connectivity index (χ4v) is 5.64. The number of carboxylic acid groups (broad SMARTS) is 1. The number of aryl methyl sites for hydroxylation is 1. The molecule has 0 saturated carbocycles. The van der Waals surface area contributed by atoms with E-state index < -0.39 is 29.2 Å². The number of hydrogen-bond donors (Lipinski definition) is 3. The molecule has 13 nitrogen and oxygen atoms in total. The van der Waals surface area contributed by atoms with Crippen LogP contribution in [0.2, 0.25) is 0 Å². The predicted molar refractivity (Wildman–Crippen MR) is 127 cm³/mol. The van der Waals surface area contributed by atoms with E-state index >= 15 is 0 Å². The van der Waals surface area contributed by atoms with E-state index in [1.807, 2.05) is 29.1 Å². The SMILES string of the molecule is CON=C(C(=O)NC1C(=O)N2C(C(=O)[O-])=C(C[n+]3ccc(CCCO)cc3)CS[C@H]12)c1nsc(N)n1. The number of aromatic nitrogens is 3. The number of carbonyl (C=O) groups is 3. The van der Waals surface area contributed by atoms with Crippen molar-refractivity contribution in [1.29, 1.82) is 0 Å². The number of carbonyl (C=O) groups excluding carboxylic acids is 3. The van der Waals surface area contributed by atoms with Gasteiger partial charge in [0, 0.05) is 41.6 Å². The van der Waals surface area contributed by atoms with E-state index in [4.69, 9.17) is 15.7 Å². The number of nitrogen functional groups attached to an aromatic ring is 1. The maximum absolute atomic E-state index is 12.9. The number of aliphatic hydroxyl groups is 1. The fourth-order valence-electron chi connectivity index (χ4n) is 3.87. The monoisotopic (exact) mass is 533 g/mol. The lowest BCUT2D eigenvalue weighted by atomic mass is 10.0. The Labute approximate surface area is 213 Å². The molecule has 0 aliphatic carbocycles. The van der Waals surface area contributed by atoms with Gasteiger partial charge in [0.2, 0.25) is 11.5 Å². The maximum Gasteiger partial charge on any atom is 0.278 e. The molecule has 0 radical (unpaired) electrons. The van der Waals surface area contributed by atoms with Gasteiger partial charge in [-0.3, -0.25) is 14.5 Å². The Kier molecular flexibility index (Phi) is 7.81. The average molecular weight is 534 g/mol. The van der Waals surface area contributed by atoms with Gasteiger partial charge in [0.05, 0.1) is 11.7 Å². The van der Waals surface area contributed by atoms with Crippen molar-refractivity contribution in [3.05, 3.63) is 47.2 Å². The summed E-state index contributed by atoms with van der Waals surface area (Å²) in [5, 5.41) is 26.7. The first kappa shape index (κ1) is 25.5. The topological polar surface area (TPSA) is 187 Å². The number of anilines is 1. The van der Waals surface area contributed by atoms with Gasteiger partial charge >= 0.3 is 0 Å². The van der Waals surface area contributed by atoms with Crippen molar-refractivity contribution in [2.24, 2.45) is 5.16 Å². The number of nitrogens with zero attached hydrogens (tertiary/aromatic N) is 5. The van der Waals surface area contributed by atoms with Crippen LogP contribution in [0.25, 0.3) is 0 Å². The van der Waals surface area contributed by atoms with Gasteiger partial charge in [-0.05, 0) is 18.4 Å². The first-order valence-corrected chi connectivity index (χ1v) is 12.6. The van der Waals surface area contributed by atoms with Gasteiger partial charge in [-0.25, -0.2) is 4.57 Å². The van der Waals surface area contributed by atoms with Gasteiger partial charge in [-0.1, -0.05) is 5.16 Å². The number of oxime groups is 1. The van der Waals surface area contributed by atoms with Crippen LogP contribution in [0.15, 0.2) is 41.0 Å². The van der Waals surface area contributed by atoms with E-state index in [0.29, 0.717) is 17.7 Å². The van der Waals surface area contributed by atoms with Crippen LogP contribution in [0.4, 0.5) is 5.13 Å². The summed E-state index contributed by atoms with van der Waals surface area (Å²) in [6.07, 6.45) is 5.03. The molecule has 15 heteroatoms. The van der Waals surface area contributed by atoms with Crippen LogP contribution in [0.5, 0.6) is 0 Å². The highest BCUT2D eigenvalue weighted by Gasteiger charge is 2.53. The van der Waals surface area contributed by atoms with Crippen molar-refractivity contribution < 1.29 is 34.0 Å². The number of thioether (sulfide) groups is 1. The van der Waals surface area contributed by atoms with Gasteiger partial charge in [0.15, 0.2) is 24.1 Å². The second-order valence-electron chi connectivity index (χ2n) is 7.89. The van der Waals surface area contributed by atoms with E-state index in [1.54, 1.807) is 0 Å². The predicted octanol–water partition coefficient (Wildman–Crippen LogP) is -2.21. The third-order valence-corrected chi connectivity index (χ3v) is 7.42. The Morgan fingerprint density at radius 2 is 2.17 bits per heavy atom. The van der Waals surface area contributed by atoms with Crippen LogP contribution in [0.3, 0.4) is 0 Å². The largest absolute Gasteiger partial charge is 0.543 e. The summed E-state index contributed by atoms with van der Waals surface area (Å²) in [4.78, 5) is 47.5. The smallest absolute Gasteiger partial charge is 0.278 e. The van der Waals surface area contributed by atoms with Crippen molar-refractivity contribution in [1.82, 2.24) is 19.6 Å². The zero-order chi connectivity index (χ0) is 25.8. The third-order valence-electron chi connectivity index (χ3n) is 5.54. The number of carboxylic acids is 1. The molecule has 0 aromatic carbocycles. The molecule has 4 heterocycles. The molecule has 2 atom stereocenters. The first-order valence-electron chi connectivity index (χ1n) is 10.8. The van der Waals surface area contributed by atoms with E-state index in [-0.39, 0.29) is 35.5 Å². The Morgan fingerprint density at radius 1 is 1.42 bits per heavy atom. The minimum Gasteiger partial charge on any atom is -0.543 e. The van der Waals surface area contributed by atoms with E-state index in [9.17, 15) is 19.5 Å². The minimum atomic E-state index is -1.46. The summed E-state index contributed by atoms with van der Waals surface area (Å²) in [7, 11) is 1.25. The quantitative estimate of drug-likeness (QED) is 0.131. The summed E-state index contributed by atoms with van der Waals surface area (Å²) in [6.45, 7) is 0.364. The van der Waals surface area contributed by atoms with E-state index in [2.05, 4.69) is 19.8 Å². The van der Waals surface area contributed by atoms with Crippen LogP contribution in [-0.2, 0) is 32.2 Å². The number of amides is 2. The standard InChI is InChI=1S/C21H23N7O6S2/c1-34-25-13(16-24-21(22)36-26-16)17(30)23-14-18(31)28-15(20(32)33)12(10-35-19(14)28)9-27-6-4-11(5-7-27)3-2-8-29/h4-7,14,19,29H,2-3,8-10H2,1H3,(H3-,22,23,24,26,30,32,33)/t14?,19-/m1/s1. The van der Waals surface area contributed by atoms with Crippen molar-refractivity contribution in [3.8, 4) is 0 Å². The highest BCUT2D eigenvalue weighted by atomic mass is 32.2. The molecule has 4 N–H and O–H groups in total. The zero-order valence-corrected chi connectivity index (χ0v) is 20.8. The second kappa shape index (κ2) is 11.0. The van der Waals surface area contributed by atoms with Gasteiger partial charge in [0.1, 0.15) is 18.5 Å². The molecule has 2 amide bonds. The summed E-state index contributed by atoms with van der Waals surface area (Å²) in [6, 6.07) is 2.82. The molecule has 2 aliphatic rings. The summed E-state index contributed by atoms with van der Waals surface area (Å²) in [5.74, 6) is -2.52. The van der Waals surface area contributed by atoms with E-state index in [0.717, 1.165) is 28.4 Å². The summed E-state index contributed by atoms with van der Waals surface area (Å²) in [5.41, 5.74) is 6.70. The number of fused-ring (bicyclic) bond motifs is 1. The normalized spacial score (nSPS) is 19.6. The molecular weight excluding hydrogens is 510 g/mol. The lowest BCUT2D eigenvalue weighted by Crippen LogP contribution is -2.71. The highest BCUT2D eigenvalue weighted by Crippen LogP contribution is 2.40. The Balaban J connectivity index is 1.49. The Morgan fingerprint density at radius 3 is 2.78 bits per heavy atom. The van der Waals surface area contributed by atoms with E-state index in [1.165, 1.54) is 18.9 Å². The number of pyridine rings is 1. The van der Waals surface area contributed by atoms with Crippen LogP contribution in [0.1, 0.15) is 17.8 Å². The van der Waals surface area contributed by atoms with Gasteiger partial charge in [0.25, 0.3) is 11.8 Å². The van der Waals surface area contributed by atoms with Gasteiger partial charge in [-0.2, -0.15) is 9.36 Å². The Hall–Kier alpha value is -3.56. The molecule has 190 valence electrons. The van der Waals surface area contributed by atoms with Crippen molar-refractivity contribution in [3.63, 3.8) is 0 Å². The fraction of sp³-hybridized carbons (Fsp3) is 0.381. The maximum atomic E-state index is 12.9. The molecule has 0 bridgehead atoms. The first-order chi connectivity index (χ1) is 17.3. The van der Waals surface area contributed by atoms with Crippen molar-refractivity contribution in [2.45, 2.75) is 30.8 Å². The van der Waals surface area contributed by atoms with Crippen LogP contribution >= 0.6 is 23.3 Å².